The first kappa shape index (κ1) is 25.5. The topological polar surface area (TPSA) is 102 Å². The summed E-state index contributed by atoms with van der Waals surface area (Å²) in [7, 11) is -4.43. The van der Waals surface area contributed by atoms with Gasteiger partial charge in [0.2, 0.25) is 15.7 Å². The summed E-state index contributed by atoms with van der Waals surface area (Å²) in [6.45, 7) is 2.02. The van der Waals surface area contributed by atoms with E-state index in [0.29, 0.717) is 34.6 Å². The minimum atomic E-state index is -4.43. The Morgan fingerprint density at radius 2 is 1.81 bits per heavy atom. The highest BCUT2D eigenvalue weighted by atomic mass is 35.5. The highest BCUT2D eigenvalue weighted by Crippen LogP contribution is 2.28. The second-order valence-corrected chi connectivity index (χ2v) is 10.5. The highest BCUT2D eigenvalue weighted by molar-refractivity contribution is 7.91. The third-order valence-electron chi connectivity index (χ3n) is 5.64. The molecule has 4 aromatic rings. The fourth-order valence-corrected chi connectivity index (χ4v) is 5.39. The summed E-state index contributed by atoms with van der Waals surface area (Å²) in [5, 5.41) is 11.1. The van der Waals surface area contributed by atoms with Gasteiger partial charge < -0.3 is 5.11 Å². The molecule has 0 aliphatic heterocycles. The molecule has 0 fully saturated rings. The van der Waals surface area contributed by atoms with Gasteiger partial charge in [0.25, 0.3) is 5.56 Å². The summed E-state index contributed by atoms with van der Waals surface area (Å²) >= 11 is 6.09. The Morgan fingerprint density at radius 1 is 1.06 bits per heavy atom. The van der Waals surface area contributed by atoms with Crippen molar-refractivity contribution in [2.75, 3.05) is 0 Å². The molecule has 10 heteroatoms. The summed E-state index contributed by atoms with van der Waals surface area (Å²) in [6.07, 6.45) is 4.42. The maximum absolute atomic E-state index is 13.5. The van der Waals surface area contributed by atoms with Gasteiger partial charge in [0.15, 0.2) is 4.90 Å². The van der Waals surface area contributed by atoms with Crippen LogP contribution in [0.3, 0.4) is 0 Å². The number of pyridine rings is 1. The van der Waals surface area contributed by atoms with E-state index in [2.05, 4.69) is 9.97 Å². The molecule has 36 heavy (non-hydrogen) atoms. The van der Waals surface area contributed by atoms with Crippen molar-refractivity contribution in [2.24, 2.45) is 0 Å². The Morgan fingerprint density at radius 3 is 2.47 bits per heavy atom. The van der Waals surface area contributed by atoms with E-state index in [1.165, 1.54) is 41.1 Å². The number of hydrogen-bond donors (Lipinski definition) is 1. The van der Waals surface area contributed by atoms with E-state index < -0.39 is 32.0 Å². The zero-order chi connectivity index (χ0) is 25.9. The van der Waals surface area contributed by atoms with E-state index in [1.54, 1.807) is 24.3 Å². The van der Waals surface area contributed by atoms with Crippen LogP contribution < -0.4 is 5.56 Å². The zero-order valence-electron chi connectivity index (χ0n) is 19.4. The van der Waals surface area contributed by atoms with Gasteiger partial charge in [-0.25, -0.2) is 12.8 Å². The molecule has 0 spiro atoms. The summed E-state index contributed by atoms with van der Waals surface area (Å²) in [5.74, 6) is -1.08. The van der Waals surface area contributed by atoms with E-state index in [-0.39, 0.29) is 17.3 Å². The van der Waals surface area contributed by atoms with E-state index in [0.717, 1.165) is 12.6 Å². The Balaban J connectivity index is 1.79. The van der Waals surface area contributed by atoms with E-state index in [1.807, 2.05) is 6.92 Å². The van der Waals surface area contributed by atoms with Gasteiger partial charge in [0.1, 0.15) is 11.6 Å². The van der Waals surface area contributed by atoms with Crippen LogP contribution in [0.5, 0.6) is 5.88 Å². The molecule has 2 aromatic heterocycles. The predicted octanol–water partition coefficient (Wildman–Crippen LogP) is 5.03. The standard InChI is InChI=1S/C26H23ClFN3O4S/c1-2-3-7-23-30-25(32)24(26(33)31(23)16-17-5-4-6-20(27)12-17)36(34,35)22-10-8-18(9-11-22)19-13-21(28)15-29-14-19/h4-6,8-15,32H,2-3,7,16H2,1H3. The Hall–Kier alpha value is -3.56. The first-order valence-electron chi connectivity index (χ1n) is 11.2. The highest BCUT2D eigenvalue weighted by Gasteiger charge is 2.29. The lowest BCUT2D eigenvalue weighted by atomic mass is 10.1. The molecule has 7 nitrogen and oxygen atoms in total. The van der Waals surface area contributed by atoms with Crippen LogP contribution in [0.4, 0.5) is 4.39 Å². The van der Waals surface area contributed by atoms with Gasteiger partial charge in [0, 0.05) is 23.2 Å². The second-order valence-electron chi connectivity index (χ2n) is 8.23. The molecule has 0 saturated heterocycles. The molecule has 0 bridgehead atoms. The minimum Gasteiger partial charge on any atom is -0.492 e. The lowest BCUT2D eigenvalue weighted by Crippen LogP contribution is -2.30. The largest absolute Gasteiger partial charge is 0.492 e. The van der Waals surface area contributed by atoms with Gasteiger partial charge in [-0.15, -0.1) is 0 Å². The van der Waals surface area contributed by atoms with Crippen molar-refractivity contribution in [3.8, 4) is 17.0 Å². The van der Waals surface area contributed by atoms with E-state index >= 15 is 0 Å². The number of aromatic nitrogens is 3. The molecule has 0 atom stereocenters. The van der Waals surface area contributed by atoms with Crippen LogP contribution in [-0.4, -0.2) is 28.1 Å². The van der Waals surface area contributed by atoms with E-state index in [9.17, 15) is 22.7 Å². The summed E-state index contributed by atoms with van der Waals surface area (Å²) in [5.41, 5.74) is 0.822. The maximum atomic E-state index is 13.5. The van der Waals surface area contributed by atoms with Crippen LogP contribution in [0.2, 0.25) is 5.02 Å². The molecule has 0 radical (unpaired) electrons. The molecule has 0 amide bonds. The van der Waals surface area contributed by atoms with Crippen molar-refractivity contribution >= 4 is 21.4 Å². The molecule has 2 aromatic carbocycles. The van der Waals surface area contributed by atoms with Crippen LogP contribution in [0.1, 0.15) is 31.2 Å². The first-order chi connectivity index (χ1) is 17.2. The molecule has 2 heterocycles. The molecule has 0 saturated carbocycles. The lowest BCUT2D eigenvalue weighted by Gasteiger charge is -2.15. The normalized spacial score (nSPS) is 11.5. The van der Waals surface area contributed by atoms with Crippen LogP contribution in [0.25, 0.3) is 11.1 Å². The Bertz CT molecular complexity index is 1570. The number of nitrogens with zero attached hydrogens (tertiary/aromatic N) is 3. The number of rotatable bonds is 8. The lowest BCUT2D eigenvalue weighted by molar-refractivity contribution is 0.419. The molecule has 0 unspecified atom stereocenters. The number of halogens is 2. The third-order valence-corrected chi connectivity index (χ3v) is 7.67. The number of unbranched alkanes of at least 4 members (excludes halogenated alkanes) is 1. The van der Waals surface area contributed by atoms with Gasteiger partial charge in [0.05, 0.1) is 17.6 Å². The van der Waals surface area contributed by atoms with Crippen LogP contribution in [0.15, 0.2) is 81.6 Å². The number of aromatic hydroxyl groups is 1. The van der Waals surface area contributed by atoms with Crippen molar-refractivity contribution in [2.45, 2.75) is 42.5 Å². The second kappa shape index (κ2) is 10.6. The minimum absolute atomic E-state index is 0.0414. The average molecular weight is 528 g/mol. The maximum Gasteiger partial charge on any atom is 0.277 e. The summed E-state index contributed by atoms with van der Waals surface area (Å²) < 4.78 is 41.7. The molecule has 0 aliphatic rings. The quantitative estimate of drug-likeness (QED) is 0.345. The molecule has 1 N–H and O–H groups in total. The Labute approximate surface area is 212 Å². The van der Waals surface area contributed by atoms with Crippen molar-refractivity contribution in [1.82, 2.24) is 14.5 Å². The fourth-order valence-electron chi connectivity index (χ4n) is 3.82. The van der Waals surface area contributed by atoms with Crippen LogP contribution in [0, 0.1) is 5.82 Å². The van der Waals surface area contributed by atoms with E-state index in [4.69, 9.17) is 11.6 Å². The van der Waals surface area contributed by atoms with Crippen LogP contribution in [-0.2, 0) is 22.8 Å². The fraction of sp³-hybridized carbons (Fsp3) is 0.192. The molecular weight excluding hydrogens is 505 g/mol. The number of aryl methyl sites for hydroxylation is 1. The molecule has 0 aliphatic carbocycles. The number of hydrogen-bond acceptors (Lipinski definition) is 6. The first-order valence-corrected chi connectivity index (χ1v) is 13.1. The van der Waals surface area contributed by atoms with Crippen molar-refractivity contribution in [3.63, 3.8) is 0 Å². The molecule has 4 rings (SSSR count). The summed E-state index contributed by atoms with van der Waals surface area (Å²) in [6, 6.07) is 13.7. The van der Waals surface area contributed by atoms with Crippen molar-refractivity contribution < 1.29 is 17.9 Å². The SMILES string of the molecule is CCCCc1nc(O)c(S(=O)(=O)c2ccc(-c3cncc(F)c3)cc2)c(=O)n1Cc1cccc(Cl)c1. The molecule has 186 valence electrons. The van der Waals surface area contributed by atoms with Gasteiger partial charge in [-0.2, -0.15) is 4.98 Å². The number of benzene rings is 2. The van der Waals surface area contributed by atoms with Gasteiger partial charge in [-0.3, -0.25) is 14.3 Å². The zero-order valence-corrected chi connectivity index (χ0v) is 20.9. The smallest absolute Gasteiger partial charge is 0.277 e. The van der Waals surface area contributed by atoms with Crippen LogP contribution >= 0.6 is 11.6 Å². The Kier molecular flexibility index (Phi) is 7.51. The van der Waals surface area contributed by atoms with Gasteiger partial charge >= 0.3 is 0 Å². The summed E-state index contributed by atoms with van der Waals surface area (Å²) in [4.78, 5) is 20.4. The van der Waals surface area contributed by atoms with Gasteiger partial charge in [-0.1, -0.05) is 49.2 Å². The predicted molar refractivity (Wildman–Crippen MR) is 134 cm³/mol. The molecular formula is C26H23ClFN3O4S. The van der Waals surface area contributed by atoms with Crippen molar-refractivity contribution in [1.29, 1.82) is 0 Å². The van der Waals surface area contributed by atoms with Crippen molar-refractivity contribution in [3.05, 3.63) is 99.6 Å². The average Bonchev–Trinajstić information content (AvgIpc) is 2.84. The van der Waals surface area contributed by atoms with Gasteiger partial charge in [-0.05, 0) is 47.9 Å². The number of sulfone groups is 1. The monoisotopic (exact) mass is 527 g/mol. The third kappa shape index (κ3) is 5.32.